The highest BCUT2D eigenvalue weighted by Crippen LogP contribution is 2.12. The van der Waals surface area contributed by atoms with Gasteiger partial charge in [0.15, 0.2) is 5.60 Å². The molecule has 0 aromatic rings. The fourth-order valence-electron chi connectivity index (χ4n) is 1.54. The number of aliphatic hydroxyl groups is 2. The third-order valence-corrected chi connectivity index (χ3v) is 2.88. The summed E-state index contributed by atoms with van der Waals surface area (Å²) < 4.78 is 0. The van der Waals surface area contributed by atoms with Gasteiger partial charge in [-0.2, -0.15) is 0 Å². The zero-order chi connectivity index (χ0) is 12.8. The Labute approximate surface area is 96.5 Å². The Bertz CT molecular complexity index is 214. The zero-order valence-corrected chi connectivity index (χ0v) is 10.2. The molecule has 2 atom stereocenters. The first-order valence-electron chi connectivity index (χ1n) is 5.69. The number of carboxylic acids is 1. The van der Waals surface area contributed by atoms with Crippen molar-refractivity contribution in [2.24, 2.45) is 5.92 Å². The van der Waals surface area contributed by atoms with Crippen molar-refractivity contribution < 1.29 is 20.1 Å². The first-order chi connectivity index (χ1) is 7.35. The molecule has 0 aromatic carbocycles. The Morgan fingerprint density at radius 2 is 1.88 bits per heavy atom. The van der Waals surface area contributed by atoms with E-state index >= 15 is 0 Å². The van der Waals surface area contributed by atoms with Crippen LogP contribution in [-0.2, 0) is 4.79 Å². The lowest BCUT2D eigenvalue weighted by Gasteiger charge is -2.23. The molecule has 0 rings (SSSR count). The fraction of sp³-hybridized carbons (Fsp3) is 0.909. The Balaban J connectivity index is 3.94. The van der Waals surface area contributed by atoms with E-state index in [2.05, 4.69) is 5.32 Å². The lowest BCUT2D eigenvalue weighted by Crippen LogP contribution is -2.47. The largest absolute Gasteiger partial charge is 0.479 e. The highest BCUT2D eigenvalue weighted by atomic mass is 16.4. The van der Waals surface area contributed by atoms with Gasteiger partial charge in [0.05, 0.1) is 6.10 Å². The molecule has 5 nitrogen and oxygen atoms in total. The molecule has 4 N–H and O–H groups in total. The van der Waals surface area contributed by atoms with Gasteiger partial charge in [-0.15, -0.1) is 0 Å². The van der Waals surface area contributed by atoms with E-state index in [4.69, 9.17) is 5.11 Å². The number of rotatable bonds is 8. The maximum Gasteiger partial charge on any atom is 0.336 e. The first-order valence-corrected chi connectivity index (χ1v) is 5.69. The van der Waals surface area contributed by atoms with Gasteiger partial charge >= 0.3 is 5.97 Å². The van der Waals surface area contributed by atoms with Crippen LogP contribution < -0.4 is 5.32 Å². The van der Waals surface area contributed by atoms with Gasteiger partial charge in [-0.3, -0.25) is 0 Å². The minimum Gasteiger partial charge on any atom is -0.479 e. The van der Waals surface area contributed by atoms with E-state index in [-0.39, 0.29) is 12.5 Å². The topological polar surface area (TPSA) is 89.8 Å². The van der Waals surface area contributed by atoms with Crippen LogP contribution >= 0.6 is 0 Å². The van der Waals surface area contributed by atoms with Crippen LogP contribution in [0.2, 0.25) is 0 Å². The molecule has 0 aromatic heterocycles. The lowest BCUT2D eigenvalue weighted by molar-refractivity contribution is -0.156. The van der Waals surface area contributed by atoms with Crippen molar-refractivity contribution in [2.75, 3.05) is 13.1 Å². The minimum atomic E-state index is -1.78. The third kappa shape index (κ3) is 4.92. The lowest BCUT2D eigenvalue weighted by atomic mass is 9.96. The van der Waals surface area contributed by atoms with E-state index in [1.807, 2.05) is 13.8 Å². The number of carbonyl (C=O) groups is 1. The van der Waals surface area contributed by atoms with Crippen molar-refractivity contribution >= 4 is 5.97 Å². The Kier molecular flexibility index (Phi) is 6.55. The third-order valence-electron chi connectivity index (χ3n) is 2.88. The number of nitrogens with one attached hydrogen (secondary N) is 1. The molecule has 0 amide bonds. The van der Waals surface area contributed by atoms with E-state index in [0.717, 1.165) is 12.8 Å². The molecule has 5 heteroatoms. The Morgan fingerprint density at radius 3 is 2.25 bits per heavy atom. The highest BCUT2D eigenvalue weighted by Gasteiger charge is 2.29. The van der Waals surface area contributed by atoms with Gasteiger partial charge in [0, 0.05) is 13.1 Å². The molecule has 0 aliphatic carbocycles. The van der Waals surface area contributed by atoms with Crippen molar-refractivity contribution in [2.45, 2.75) is 45.3 Å². The van der Waals surface area contributed by atoms with Crippen molar-refractivity contribution in [3.63, 3.8) is 0 Å². The summed E-state index contributed by atoms with van der Waals surface area (Å²) in [6, 6.07) is 0. The standard InChI is InChI=1S/C11H23NO4/c1-4-8(5-2)9(13)6-12-7-11(3,16)10(14)15/h8-9,12-13,16H,4-7H2,1-3H3,(H,14,15). The SMILES string of the molecule is CCC(CC)C(O)CNCC(C)(O)C(=O)O. The van der Waals surface area contributed by atoms with Crippen LogP contribution in [0.3, 0.4) is 0 Å². The molecular formula is C11H23NO4. The van der Waals surface area contributed by atoms with Gasteiger partial charge in [-0.25, -0.2) is 4.79 Å². The van der Waals surface area contributed by atoms with Crippen LogP contribution in [0.5, 0.6) is 0 Å². The fourth-order valence-corrected chi connectivity index (χ4v) is 1.54. The molecule has 96 valence electrons. The maximum atomic E-state index is 10.6. The maximum absolute atomic E-state index is 10.6. The number of hydrogen-bond acceptors (Lipinski definition) is 4. The molecule has 16 heavy (non-hydrogen) atoms. The van der Waals surface area contributed by atoms with E-state index in [0.29, 0.717) is 6.54 Å². The molecule has 2 unspecified atom stereocenters. The van der Waals surface area contributed by atoms with E-state index < -0.39 is 17.7 Å². The van der Waals surface area contributed by atoms with Crippen LogP contribution in [0.15, 0.2) is 0 Å². The highest BCUT2D eigenvalue weighted by molar-refractivity contribution is 5.76. The van der Waals surface area contributed by atoms with Crippen LogP contribution in [-0.4, -0.2) is 46.1 Å². The van der Waals surface area contributed by atoms with Crippen molar-refractivity contribution in [3.05, 3.63) is 0 Å². The van der Waals surface area contributed by atoms with Gasteiger partial charge in [0.2, 0.25) is 0 Å². The molecule has 0 aliphatic rings. The summed E-state index contributed by atoms with van der Waals surface area (Å²) in [4.78, 5) is 10.6. The van der Waals surface area contributed by atoms with E-state index in [1.54, 1.807) is 0 Å². The number of aliphatic carboxylic acids is 1. The van der Waals surface area contributed by atoms with Gasteiger partial charge in [0.25, 0.3) is 0 Å². The van der Waals surface area contributed by atoms with Crippen molar-refractivity contribution in [1.82, 2.24) is 5.32 Å². The average molecular weight is 233 g/mol. The first kappa shape index (κ1) is 15.3. The van der Waals surface area contributed by atoms with Gasteiger partial charge in [-0.1, -0.05) is 26.7 Å². The van der Waals surface area contributed by atoms with Gasteiger partial charge < -0.3 is 20.6 Å². The summed E-state index contributed by atoms with van der Waals surface area (Å²) in [6.45, 7) is 5.47. The van der Waals surface area contributed by atoms with Gasteiger partial charge in [0.1, 0.15) is 0 Å². The second-order valence-corrected chi connectivity index (χ2v) is 4.35. The zero-order valence-electron chi connectivity index (χ0n) is 10.2. The summed E-state index contributed by atoms with van der Waals surface area (Å²) >= 11 is 0. The molecule has 0 fully saturated rings. The Hall–Kier alpha value is -0.650. The molecule has 0 saturated carbocycles. The molecule has 0 aliphatic heterocycles. The summed E-state index contributed by atoms with van der Waals surface area (Å²) in [6.07, 6.45) is 1.27. The minimum absolute atomic E-state index is 0.0699. The molecule has 0 bridgehead atoms. The van der Waals surface area contributed by atoms with E-state index in [9.17, 15) is 15.0 Å². The number of carboxylic acid groups (broad SMARTS) is 1. The van der Waals surface area contributed by atoms with Crippen LogP contribution in [0.25, 0.3) is 0 Å². The average Bonchev–Trinajstić information content (AvgIpc) is 2.19. The second kappa shape index (κ2) is 6.83. The smallest absolute Gasteiger partial charge is 0.336 e. The quantitative estimate of drug-likeness (QED) is 0.481. The summed E-state index contributed by atoms with van der Waals surface area (Å²) in [5, 5.41) is 30.6. The second-order valence-electron chi connectivity index (χ2n) is 4.35. The predicted molar refractivity (Wildman–Crippen MR) is 61.2 cm³/mol. The summed E-state index contributed by atoms with van der Waals surface area (Å²) in [7, 11) is 0. The normalized spacial score (nSPS) is 17.1. The van der Waals surface area contributed by atoms with Crippen LogP contribution in [0.1, 0.15) is 33.6 Å². The molecule has 0 saturated heterocycles. The Morgan fingerprint density at radius 1 is 1.38 bits per heavy atom. The van der Waals surface area contributed by atoms with Crippen molar-refractivity contribution in [3.8, 4) is 0 Å². The molecule has 0 heterocycles. The van der Waals surface area contributed by atoms with E-state index in [1.165, 1.54) is 6.92 Å². The predicted octanol–water partition coefficient (Wildman–Crippen LogP) is 0.209. The van der Waals surface area contributed by atoms with Crippen LogP contribution in [0, 0.1) is 5.92 Å². The molecule has 0 radical (unpaired) electrons. The number of hydrogen-bond donors (Lipinski definition) is 4. The monoisotopic (exact) mass is 233 g/mol. The summed E-state index contributed by atoms with van der Waals surface area (Å²) in [5.41, 5.74) is -1.78. The molecule has 0 spiro atoms. The summed E-state index contributed by atoms with van der Waals surface area (Å²) in [5.74, 6) is -1.06. The van der Waals surface area contributed by atoms with Gasteiger partial charge in [-0.05, 0) is 12.8 Å². The molecular weight excluding hydrogens is 210 g/mol. The number of aliphatic hydroxyl groups excluding tert-OH is 1. The van der Waals surface area contributed by atoms with Crippen molar-refractivity contribution in [1.29, 1.82) is 0 Å². The van der Waals surface area contributed by atoms with Crippen LogP contribution in [0.4, 0.5) is 0 Å².